The van der Waals surface area contributed by atoms with Crippen LogP contribution < -0.4 is 5.32 Å². The van der Waals surface area contributed by atoms with Crippen LogP contribution >= 0.6 is 11.3 Å². The number of esters is 1. The Bertz CT molecular complexity index is 426. The van der Waals surface area contributed by atoms with Crippen molar-refractivity contribution in [2.75, 3.05) is 26.4 Å². The molecule has 3 heterocycles. The fourth-order valence-corrected chi connectivity index (χ4v) is 3.38. The molecule has 4 nitrogen and oxygen atoms in total. The van der Waals surface area contributed by atoms with E-state index in [4.69, 9.17) is 9.47 Å². The van der Waals surface area contributed by atoms with Gasteiger partial charge < -0.3 is 14.8 Å². The first-order valence-corrected chi connectivity index (χ1v) is 7.26. The van der Waals surface area contributed by atoms with Gasteiger partial charge in [0, 0.05) is 23.9 Å². The Morgan fingerprint density at radius 1 is 1.61 bits per heavy atom. The lowest BCUT2D eigenvalue weighted by Crippen LogP contribution is -2.36. The molecule has 0 amide bonds. The minimum atomic E-state index is -0.276. The molecule has 1 aromatic heterocycles. The van der Waals surface area contributed by atoms with E-state index in [9.17, 15) is 4.79 Å². The first-order chi connectivity index (χ1) is 8.84. The lowest BCUT2D eigenvalue weighted by Gasteiger charge is -2.23. The van der Waals surface area contributed by atoms with Crippen molar-refractivity contribution in [1.82, 2.24) is 5.32 Å². The average Bonchev–Trinajstić information content (AvgIpc) is 3.05. The first-order valence-electron chi connectivity index (χ1n) is 6.38. The van der Waals surface area contributed by atoms with Gasteiger partial charge in [0.25, 0.3) is 0 Å². The van der Waals surface area contributed by atoms with Crippen LogP contribution in [0.4, 0.5) is 0 Å². The molecule has 0 aromatic carbocycles. The Hall–Kier alpha value is -0.910. The van der Waals surface area contributed by atoms with Crippen LogP contribution in [0.25, 0.3) is 0 Å². The monoisotopic (exact) mass is 267 g/mol. The SMILES string of the molecule is O=C(OCC1CCOC1)C1NCCc2sccc21. The highest BCUT2D eigenvalue weighted by Gasteiger charge is 2.29. The molecule has 5 heteroatoms. The third kappa shape index (κ3) is 2.43. The zero-order valence-corrected chi connectivity index (χ0v) is 11.0. The van der Waals surface area contributed by atoms with E-state index in [2.05, 4.69) is 5.32 Å². The Kier molecular flexibility index (Phi) is 3.63. The molecule has 1 aromatic rings. The van der Waals surface area contributed by atoms with Crippen LogP contribution in [0.15, 0.2) is 11.4 Å². The van der Waals surface area contributed by atoms with Gasteiger partial charge in [-0.2, -0.15) is 0 Å². The van der Waals surface area contributed by atoms with Gasteiger partial charge in [-0.05, 0) is 29.9 Å². The fourth-order valence-electron chi connectivity index (χ4n) is 2.46. The number of rotatable bonds is 3. The van der Waals surface area contributed by atoms with Gasteiger partial charge in [0.15, 0.2) is 0 Å². The number of nitrogens with one attached hydrogen (secondary N) is 1. The molecule has 3 rings (SSSR count). The quantitative estimate of drug-likeness (QED) is 0.843. The first kappa shape index (κ1) is 12.1. The predicted octanol–water partition coefficient (Wildman–Crippen LogP) is 1.51. The van der Waals surface area contributed by atoms with Gasteiger partial charge in [-0.15, -0.1) is 11.3 Å². The topological polar surface area (TPSA) is 47.6 Å². The maximum atomic E-state index is 12.1. The number of fused-ring (bicyclic) bond motifs is 1. The lowest BCUT2D eigenvalue weighted by atomic mass is 10.0. The second kappa shape index (κ2) is 5.38. The van der Waals surface area contributed by atoms with Crippen LogP contribution in [0.3, 0.4) is 0 Å². The summed E-state index contributed by atoms with van der Waals surface area (Å²) >= 11 is 1.72. The molecule has 2 unspecified atom stereocenters. The summed E-state index contributed by atoms with van der Waals surface area (Å²) in [5.41, 5.74) is 1.10. The van der Waals surface area contributed by atoms with E-state index in [-0.39, 0.29) is 12.0 Å². The smallest absolute Gasteiger partial charge is 0.327 e. The van der Waals surface area contributed by atoms with Crippen molar-refractivity contribution in [3.8, 4) is 0 Å². The van der Waals surface area contributed by atoms with Crippen molar-refractivity contribution in [3.05, 3.63) is 21.9 Å². The van der Waals surface area contributed by atoms with E-state index in [1.165, 1.54) is 4.88 Å². The van der Waals surface area contributed by atoms with E-state index < -0.39 is 0 Å². The summed E-state index contributed by atoms with van der Waals surface area (Å²) in [6.45, 7) is 2.84. The summed E-state index contributed by atoms with van der Waals surface area (Å²) in [5, 5.41) is 5.28. The molecular weight excluding hydrogens is 250 g/mol. The van der Waals surface area contributed by atoms with Crippen LogP contribution in [0.1, 0.15) is 22.9 Å². The van der Waals surface area contributed by atoms with Gasteiger partial charge in [-0.3, -0.25) is 0 Å². The summed E-state index contributed by atoms with van der Waals surface area (Å²) in [4.78, 5) is 13.4. The molecule has 1 saturated heterocycles. The zero-order chi connectivity index (χ0) is 12.4. The average molecular weight is 267 g/mol. The molecule has 2 aliphatic rings. The largest absolute Gasteiger partial charge is 0.464 e. The molecule has 1 N–H and O–H groups in total. The number of thiophene rings is 1. The van der Waals surface area contributed by atoms with Crippen LogP contribution in [-0.4, -0.2) is 32.3 Å². The van der Waals surface area contributed by atoms with E-state index in [1.54, 1.807) is 11.3 Å². The summed E-state index contributed by atoms with van der Waals surface area (Å²) in [7, 11) is 0. The number of hydrogen-bond donors (Lipinski definition) is 1. The number of carbonyl (C=O) groups is 1. The van der Waals surface area contributed by atoms with Gasteiger partial charge in [0.2, 0.25) is 0 Å². The number of hydrogen-bond acceptors (Lipinski definition) is 5. The van der Waals surface area contributed by atoms with Gasteiger partial charge in [0.1, 0.15) is 6.04 Å². The normalized spacial score (nSPS) is 26.9. The Morgan fingerprint density at radius 3 is 3.39 bits per heavy atom. The highest BCUT2D eigenvalue weighted by atomic mass is 32.1. The molecule has 2 atom stereocenters. The number of carbonyl (C=O) groups excluding carboxylic acids is 1. The van der Waals surface area contributed by atoms with Gasteiger partial charge in [0.05, 0.1) is 13.2 Å². The standard InChI is InChI=1S/C13H17NO3S/c15-13(17-8-9-2-5-16-7-9)12-10-3-6-18-11(10)1-4-14-12/h3,6,9,12,14H,1-2,4-5,7-8H2. The zero-order valence-electron chi connectivity index (χ0n) is 10.2. The molecule has 1 fully saturated rings. The van der Waals surface area contributed by atoms with E-state index in [1.807, 2.05) is 11.4 Å². The second-order valence-electron chi connectivity index (χ2n) is 4.80. The van der Waals surface area contributed by atoms with Crippen molar-refractivity contribution in [3.63, 3.8) is 0 Å². The van der Waals surface area contributed by atoms with Gasteiger partial charge in [-0.1, -0.05) is 0 Å². The van der Waals surface area contributed by atoms with E-state index >= 15 is 0 Å². The maximum Gasteiger partial charge on any atom is 0.327 e. The van der Waals surface area contributed by atoms with Gasteiger partial charge in [-0.25, -0.2) is 4.79 Å². The minimum Gasteiger partial charge on any atom is -0.464 e. The third-order valence-electron chi connectivity index (χ3n) is 3.51. The Morgan fingerprint density at radius 2 is 2.56 bits per heavy atom. The van der Waals surface area contributed by atoms with Crippen molar-refractivity contribution < 1.29 is 14.3 Å². The van der Waals surface area contributed by atoms with Crippen molar-refractivity contribution in [2.24, 2.45) is 5.92 Å². The minimum absolute atomic E-state index is 0.152. The molecule has 2 aliphatic heterocycles. The second-order valence-corrected chi connectivity index (χ2v) is 5.80. The van der Waals surface area contributed by atoms with Crippen molar-refractivity contribution >= 4 is 17.3 Å². The summed E-state index contributed by atoms with van der Waals surface area (Å²) < 4.78 is 10.7. The summed E-state index contributed by atoms with van der Waals surface area (Å²) in [6, 6.07) is 1.75. The molecular formula is C13H17NO3S. The lowest BCUT2D eigenvalue weighted by molar-refractivity contribution is -0.147. The van der Waals surface area contributed by atoms with Crippen molar-refractivity contribution in [2.45, 2.75) is 18.9 Å². The van der Waals surface area contributed by atoms with Crippen molar-refractivity contribution in [1.29, 1.82) is 0 Å². The molecule has 98 valence electrons. The molecule has 18 heavy (non-hydrogen) atoms. The summed E-state index contributed by atoms with van der Waals surface area (Å²) in [5.74, 6) is 0.223. The highest BCUT2D eigenvalue weighted by molar-refractivity contribution is 7.10. The molecule has 0 spiro atoms. The molecule has 0 saturated carbocycles. The van der Waals surface area contributed by atoms with Crippen LogP contribution in [0, 0.1) is 5.92 Å². The number of ether oxygens (including phenoxy) is 2. The molecule has 0 aliphatic carbocycles. The fraction of sp³-hybridized carbons (Fsp3) is 0.615. The Labute approximate surface area is 110 Å². The Balaban J connectivity index is 1.60. The van der Waals surface area contributed by atoms with Crippen LogP contribution in [0.5, 0.6) is 0 Å². The van der Waals surface area contributed by atoms with E-state index in [0.29, 0.717) is 12.5 Å². The maximum absolute atomic E-state index is 12.1. The van der Waals surface area contributed by atoms with Crippen LogP contribution in [0.2, 0.25) is 0 Å². The van der Waals surface area contributed by atoms with Crippen LogP contribution in [-0.2, 0) is 20.7 Å². The molecule has 0 bridgehead atoms. The third-order valence-corrected chi connectivity index (χ3v) is 4.51. The summed E-state index contributed by atoms with van der Waals surface area (Å²) in [6.07, 6.45) is 2.00. The van der Waals surface area contributed by atoms with E-state index in [0.717, 1.165) is 38.2 Å². The van der Waals surface area contributed by atoms with Gasteiger partial charge >= 0.3 is 5.97 Å². The highest BCUT2D eigenvalue weighted by Crippen LogP contribution is 2.28. The predicted molar refractivity (Wildman–Crippen MR) is 68.7 cm³/mol. The molecule has 0 radical (unpaired) electrons.